The Bertz CT molecular complexity index is 1110. The number of nitrogens with zero attached hydrogens (tertiary/aromatic N) is 2. The van der Waals surface area contributed by atoms with Gasteiger partial charge in [-0.2, -0.15) is 0 Å². The third-order valence-electron chi connectivity index (χ3n) is 4.15. The number of hydrazine groups is 1. The Kier molecular flexibility index (Phi) is 3.86. The summed E-state index contributed by atoms with van der Waals surface area (Å²) in [6, 6.07) is 16.3. The Morgan fingerprint density at radius 1 is 1.08 bits per heavy atom. The Balaban J connectivity index is 1.90. The van der Waals surface area contributed by atoms with E-state index in [1.165, 1.54) is 0 Å². The van der Waals surface area contributed by atoms with E-state index in [1.807, 2.05) is 36.4 Å². The van der Waals surface area contributed by atoms with Crippen molar-refractivity contribution in [2.75, 3.05) is 11.6 Å². The van der Waals surface area contributed by atoms with E-state index in [-0.39, 0.29) is 0 Å². The van der Waals surface area contributed by atoms with Gasteiger partial charge in [0.15, 0.2) is 0 Å². The van der Waals surface area contributed by atoms with Gasteiger partial charge in [-0.05, 0) is 18.2 Å². The fourth-order valence-electron chi connectivity index (χ4n) is 3.09. The normalized spacial score (nSPS) is 17.0. The Morgan fingerprint density at radius 3 is 2.65 bits per heavy atom. The summed E-state index contributed by atoms with van der Waals surface area (Å²) in [5.41, 5.74) is 2.43. The van der Waals surface area contributed by atoms with Gasteiger partial charge in [-0.25, -0.2) is 13.4 Å². The molecule has 3 aromatic rings. The molecule has 1 atom stereocenters. The molecule has 0 aliphatic carbocycles. The summed E-state index contributed by atoms with van der Waals surface area (Å²) in [4.78, 5) is 19.7. The summed E-state index contributed by atoms with van der Waals surface area (Å²) in [6.07, 6.45) is 1.95. The van der Waals surface area contributed by atoms with Crippen molar-refractivity contribution in [3.63, 3.8) is 0 Å². The number of amides is 1. The highest BCUT2D eigenvalue weighted by Crippen LogP contribution is 2.34. The minimum atomic E-state index is -3.66. The van der Waals surface area contributed by atoms with E-state index in [9.17, 15) is 13.2 Å². The zero-order valence-corrected chi connectivity index (χ0v) is 14.7. The number of carbonyl (C=O) groups excluding carboxylic acids is 1. The number of nitrogens with one attached hydrogen (secondary N) is 2. The fourth-order valence-corrected chi connectivity index (χ4v) is 3.64. The van der Waals surface area contributed by atoms with Crippen LogP contribution in [0.3, 0.4) is 0 Å². The lowest BCUT2D eigenvalue weighted by atomic mass is 10.0. The number of rotatable bonds is 3. The molecule has 0 unspecified atom stereocenters. The first-order valence-electron chi connectivity index (χ1n) is 7.94. The van der Waals surface area contributed by atoms with Gasteiger partial charge in [0.05, 0.1) is 17.3 Å². The maximum absolute atomic E-state index is 13.0. The van der Waals surface area contributed by atoms with Crippen molar-refractivity contribution in [2.45, 2.75) is 6.17 Å². The highest BCUT2D eigenvalue weighted by molar-refractivity contribution is 7.88. The van der Waals surface area contributed by atoms with Crippen LogP contribution in [0.25, 0.3) is 10.9 Å². The second-order valence-electron chi connectivity index (χ2n) is 6.05. The molecule has 1 aromatic heterocycles. The minimum Gasteiger partial charge on any atom is -0.360 e. The molecule has 1 aliphatic rings. The van der Waals surface area contributed by atoms with Crippen LogP contribution in [0.5, 0.6) is 0 Å². The quantitative estimate of drug-likeness (QED) is 0.740. The molecular weight excluding hydrogens is 352 g/mol. The molecule has 26 heavy (non-hydrogen) atoms. The van der Waals surface area contributed by atoms with Crippen molar-refractivity contribution in [3.05, 3.63) is 71.9 Å². The summed E-state index contributed by atoms with van der Waals surface area (Å²) in [6.45, 7) is 0. The summed E-state index contributed by atoms with van der Waals surface area (Å²) in [5.74, 6) is -0.428. The number of fused-ring (bicyclic) bond motifs is 2. The number of anilines is 1. The molecule has 1 amide bonds. The average molecular weight is 368 g/mol. The first kappa shape index (κ1) is 16.5. The summed E-state index contributed by atoms with van der Waals surface area (Å²) >= 11 is 0. The van der Waals surface area contributed by atoms with Crippen LogP contribution in [-0.4, -0.2) is 30.6 Å². The van der Waals surface area contributed by atoms with E-state index in [1.54, 1.807) is 24.4 Å². The number of pyridine rings is 1. The minimum absolute atomic E-state index is 0.396. The Labute approximate surface area is 150 Å². The fraction of sp³-hybridized carbons (Fsp3) is 0.111. The van der Waals surface area contributed by atoms with Gasteiger partial charge < -0.3 is 5.32 Å². The molecule has 2 aromatic carbocycles. The third-order valence-corrected chi connectivity index (χ3v) is 4.68. The number of sulfonamides is 1. The van der Waals surface area contributed by atoms with Crippen LogP contribution in [0.4, 0.5) is 5.69 Å². The van der Waals surface area contributed by atoms with Gasteiger partial charge >= 0.3 is 0 Å². The molecular formula is C18H16N4O3S. The maximum atomic E-state index is 13.0. The van der Waals surface area contributed by atoms with E-state index in [4.69, 9.17) is 0 Å². The molecule has 8 heteroatoms. The van der Waals surface area contributed by atoms with Crippen molar-refractivity contribution < 1.29 is 13.2 Å². The molecule has 0 saturated heterocycles. The van der Waals surface area contributed by atoms with Crippen molar-refractivity contribution in [1.82, 2.24) is 14.8 Å². The van der Waals surface area contributed by atoms with E-state index in [2.05, 4.69) is 15.1 Å². The number of benzene rings is 2. The molecule has 0 spiro atoms. The molecule has 2 heterocycles. The van der Waals surface area contributed by atoms with Crippen molar-refractivity contribution in [2.24, 2.45) is 0 Å². The van der Waals surface area contributed by atoms with Crippen LogP contribution in [0.2, 0.25) is 0 Å². The Hall–Kier alpha value is -2.97. The smallest absolute Gasteiger partial charge is 0.273 e. The van der Waals surface area contributed by atoms with Crippen molar-refractivity contribution in [3.8, 4) is 0 Å². The molecule has 0 bridgehead atoms. The van der Waals surface area contributed by atoms with Crippen LogP contribution in [-0.2, 0) is 10.0 Å². The highest BCUT2D eigenvalue weighted by atomic mass is 32.2. The second-order valence-corrected chi connectivity index (χ2v) is 7.78. The topological polar surface area (TPSA) is 91.4 Å². The Morgan fingerprint density at radius 2 is 1.85 bits per heavy atom. The lowest BCUT2D eigenvalue weighted by Gasteiger charge is -2.37. The zero-order chi connectivity index (χ0) is 18.3. The van der Waals surface area contributed by atoms with Crippen LogP contribution >= 0.6 is 0 Å². The van der Waals surface area contributed by atoms with Crippen molar-refractivity contribution >= 4 is 32.5 Å². The SMILES string of the molecule is CS(=O)(=O)NN1C(=O)c2ccccc2N[C@H]1c1cccc2cccnc12. The van der Waals surface area contributed by atoms with Gasteiger partial charge in [-0.1, -0.05) is 36.4 Å². The predicted molar refractivity (Wildman–Crippen MR) is 98.7 cm³/mol. The molecule has 132 valence electrons. The van der Waals surface area contributed by atoms with E-state index in [0.29, 0.717) is 22.3 Å². The predicted octanol–water partition coefficient (Wildman–Crippen LogP) is 2.27. The number of hydrogen-bond acceptors (Lipinski definition) is 5. The number of carbonyl (C=O) groups is 1. The van der Waals surface area contributed by atoms with E-state index < -0.39 is 22.1 Å². The molecule has 7 nitrogen and oxygen atoms in total. The molecule has 0 radical (unpaired) electrons. The number of para-hydroxylation sites is 2. The van der Waals surface area contributed by atoms with Crippen LogP contribution in [0, 0.1) is 0 Å². The largest absolute Gasteiger partial charge is 0.360 e. The monoisotopic (exact) mass is 368 g/mol. The van der Waals surface area contributed by atoms with Gasteiger partial charge in [-0.15, -0.1) is 4.83 Å². The van der Waals surface area contributed by atoms with Crippen LogP contribution < -0.4 is 10.1 Å². The number of aromatic nitrogens is 1. The first-order chi connectivity index (χ1) is 12.4. The second kappa shape index (κ2) is 6.08. The standard InChI is InChI=1S/C18H16N4O3S/c1-26(24,25)21-22-17(20-15-10-3-2-8-13(15)18(22)23)14-9-4-6-12-7-5-11-19-16(12)14/h2-11,17,20-21H,1H3/t17-/m1/s1. The number of hydrogen-bond donors (Lipinski definition) is 2. The molecule has 2 N–H and O–H groups in total. The third kappa shape index (κ3) is 2.89. The first-order valence-corrected chi connectivity index (χ1v) is 9.83. The molecule has 1 aliphatic heterocycles. The molecule has 0 fully saturated rings. The summed E-state index contributed by atoms with van der Waals surface area (Å²) < 4.78 is 23.7. The molecule has 0 saturated carbocycles. The maximum Gasteiger partial charge on any atom is 0.273 e. The lowest BCUT2D eigenvalue weighted by molar-refractivity contribution is 0.0634. The van der Waals surface area contributed by atoms with Gasteiger partial charge in [0.2, 0.25) is 10.0 Å². The summed E-state index contributed by atoms with van der Waals surface area (Å²) in [5, 5.41) is 5.25. The average Bonchev–Trinajstić information content (AvgIpc) is 2.62. The van der Waals surface area contributed by atoms with Gasteiger partial charge in [-0.3, -0.25) is 9.78 Å². The molecule has 4 rings (SSSR count). The van der Waals surface area contributed by atoms with Gasteiger partial charge in [0, 0.05) is 22.8 Å². The lowest BCUT2D eigenvalue weighted by Crippen LogP contribution is -2.52. The van der Waals surface area contributed by atoms with Crippen LogP contribution in [0.15, 0.2) is 60.8 Å². The van der Waals surface area contributed by atoms with Crippen molar-refractivity contribution in [1.29, 1.82) is 0 Å². The summed E-state index contributed by atoms with van der Waals surface area (Å²) in [7, 11) is -3.66. The zero-order valence-electron chi connectivity index (χ0n) is 13.9. The highest BCUT2D eigenvalue weighted by Gasteiger charge is 2.35. The van der Waals surface area contributed by atoms with E-state index >= 15 is 0 Å². The van der Waals surface area contributed by atoms with Gasteiger partial charge in [0.1, 0.15) is 6.17 Å². The van der Waals surface area contributed by atoms with Gasteiger partial charge in [0.25, 0.3) is 5.91 Å². The van der Waals surface area contributed by atoms with E-state index in [0.717, 1.165) is 16.7 Å². The van der Waals surface area contributed by atoms with Crippen LogP contribution in [0.1, 0.15) is 22.1 Å².